The second kappa shape index (κ2) is 7.75. The van der Waals surface area contributed by atoms with Gasteiger partial charge in [0.25, 0.3) is 0 Å². The Balaban J connectivity index is 1.59. The van der Waals surface area contributed by atoms with Crippen molar-refractivity contribution in [1.82, 2.24) is 4.90 Å². The number of nitrogens with zero attached hydrogens (tertiary/aromatic N) is 1. The molecule has 1 saturated heterocycles. The van der Waals surface area contributed by atoms with Crippen molar-refractivity contribution < 1.29 is 14.6 Å². The number of morpholine rings is 1. The molecule has 5 heteroatoms. The van der Waals surface area contributed by atoms with Crippen LogP contribution >= 0.6 is 0 Å². The van der Waals surface area contributed by atoms with Crippen LogP contribution in [0.4, 0.5) is 5.69 Å². The molecule has 3 rings (SSSR count). The molecule has 1 amide bonds. The number of hydrogen-bond acceptors (Lipinski definition) is 4. The molecule has 0 bridgehead atoms. The summed E-state index contributed by atoms with van der Waals surface area (Å²) in [4.78, 5) is 14.5. The highest BCUT2D eigenvalue weighted by Gasteiger charge is 2.25. The highest BCUT2D eigenvalue weighted by Crippen LogP contribution is 2.23. The maximum absolute atomic E-state index is 12.3. The maximum atomic E-state index is 12.3. The van der Waals surface area contributed by atoms with Gasteiger partial charge in [0.05, 0.1) is 19.3 Å². The summed E-state index contributed by atoms with van der Waals surface area (Å²) in [5.41, 5.74) is 0.848. The quantitative estimate of drug-likeness (QED) is 0.884. The number of ether oxygens (including phenoxy) is 1. The van der Waals surface area contributed by atoms with Gasteiger partial charge in [0, 0.05) is 36.6 Å². The number of hydrogen-bond donors (Lipinski definition) is 2. The summed E-state index contributed by atoms with van der Waals surface area (Å²) in [7, 11) is 0. The van der Waals surface area contributed by atoms with Crippen LogP contribution in [-0.2, 0) is 9.53 Å². The fraction of sp³-hybridized carbons (Fsp3) is 0.421. The first kappa shape index (κ1) is 16.9. The van der Waals surface area contributed by atoms with Crippen molar-refractivity contribution in [1.29, 1.82) is 0 Å². The summed E-state index contributed by atoms with van der Waals surface area (Å²) in [6.45, 7) is 4.02. The van der Waals surface area contributed by atoms with E-state index in [0.717, 1.165) is 16.5 Å². The predicted octanol–water partition coefficient (Wildman–Crippen LogP) is 2.25. The highest BCUT2D eigenvalue weighted by atomic mass is 16.5. The number of carbonyl (C=O) groups excluding carboxylic acids is 1. The SMILES string of the molecule is CC1COC(CO)CN1CCC(=O)Nc1cccc2ccccc12. The fourth-order valence-corrected chi connectivity index (χ4v) is 3.09. The predicted molar refractivity (Wildman–Crippen MR) is 95.1 cm³/mol. The molecular weight excluding hydrogens is 304 g/mol. The lowest BCUT2D eigenvalue weighted by atomic mass is 10.1. The van der Waals surface area contributed by atoms with Crippen LogP contribution in [0.25, 0.3) is 10.8 Å². The minimum atomic E-state index is -0.151. The lowest BCUT2D eigenvalue weighted by molar-refractivity contribution is -0.118. The highest BCUT2D eigenvalue weighted by molar-refractivity contribution is 6.02. The van der Waals surface area contributed by atoms with Gasteiger partial charge in [-0.2, -0.15) is 0 Å². The third kappa shape index (κ3) is 3.93. The number of amides is 1. The first-order chi connectivity index (χ1) is 11.7. The van der Waals surface area contributed by atoms with Crippen LogP contribution < -0.4 is 5.32 Å². The van der Waals surface area contributed by atoms with Crippen LogP contribution in [0.15, 0.2) is 42.5 Å². The van der Waals surface area contributed by atoms with Gasteiger partial charge in [-0.25, -0.2) is 0 Å². The third-order valence-electron chi connectivity index (χ3n) is 4.53. The molecule has 2 unspecified atom stereocenters. The first-order valence-electron chi connectivity index (χ1n) is 8.41. The van der Waals surface area contributed by atoms with Gasteiger partial charge in [-0.1, -0.05) is 36.4 Å². The average molecular weight is 328 g/mol. The number of aliphatic hydroxyl groups is 1. The minimum Gasteiger partial charge on any atom is -0.394 e. The Morgan fingerprint density at radius 2 is 2.08 bits per heavy atom. The third-order valence-corrected chi connectivity index (χ3v) is 4.53. The van der Waals surface area contributed by atoms with Crippen LogP contribution in [0, 0.1) is 0 Å². The van der Waals surface area contributed by atoms with Crippen LogP contribution in [0.5, 0.6) is 0 Å². The zero-order chi connectivity index (χ0) is 16.9. The molecule has 5 nitrogen and oxygen atoms in total. The normalized spacial score (nSPS) is 21.8. The number of benzene rings is 2. The molecule has 2 aromatic carbocycles. The number of rotatable bonds is 5. The summed E-state index contributed by atoms with van der Waals surface area (Å²) in [5, 5.41) is 14.4. The Morgan fingerprint density at radius 1 is 1.29 bits per heavy atom. The lowest BCUT2D eigenvalue weighted by Crippen LogP contribution is -2.50. The summed E-state index contributed by atoms with van der Waals surface area (Å²) in [6.07, 6.45) is 0.272. The largest absolute Gasteiger partial charge is 0.394 e. The van der Waals surface area contributed by atoms with Crippen molar-refractivity contribution in [2.45, 2.75) is 25.5 Å². The van der Waals surface area contributed by atoms with Crippen LogP contribution in [0.2, 0.25) is 0 Å². The summed E-state index contributed by atoms with van der Waals surface area (Å²) >= 11 is 0. The number of fused-ring (bicyclic) bond motifs is 1. The Hall–Kier alpha value is -1.95. The van der Waals surface area contributed by atoms with E-state index in [2.05, 4.69) is 17.1 Å². The number of nitrogens with one attached hydrogen (secondary N) is 1. The van der Waals surface area contributed by atoms with E-state index in [4.69, 9.17) is 4.74 Å². The van der Waals surface area contributed by atoms with E-state index in [1.54, 1.807) is 0 Å². The topological polar surface area (TPSA) is 61.8 Å². The van der Waals surface area contributed by atoms with Gasteiger partial charge in [0.1, 0.15) is 0 Å². The number of carbonyl (C=O) groups is 1. The van der Waals surface area contributed by atoms with Crippen molar-refractivity contribution in [3.05, 3.63) is 42.5 Å². The van der Waals surface area contributed by atoms with Crippen molar-refractivity contribution in [2.24, 2.45) is 0 Å². The lowest BCUT2D eigenvalue weighted by Gasteiger charge is -2.37. The number of anilines is 1. The molecule has 0 saturated carbocycles. The van der Waals surface area contributed by atoms with Crippen molar-refractivity contribution in [3.63, 3.8) is 0 Å². The van der Waals surface area contributed by atoms with Crippen molar-refractivity contribution in [3.8, 4) is 0 Å². The van der Waals surface area contributed by atoms with Gasteiger partial charge in [0.2, 0.25) is 5.91 Å². The van der Waals surface area contributed by atoms with E-state index in [-0.39, 0.29) is 24.7 Å². The molecule has 0 aromatic heterocycles. The molecular formula is C19H24N2O3. The monoisotopic (exact) mass is 328 g/mol. The maximum Gasteiger partial charge on any atom is 0.225 e. The van der Waals surface area contributed by atoms with E-state index in [0.29, 0.717) is 26.1 Å². The van der Waals surface area contributed by atoms with Gasteiger partial charge in [-0.15, -0.1) is 0 Å². The van der Waals surface area contributed by atoms with E-state index >= 15 is 0 Å². The van der Waals surface area contributed by atoms with Gasteiger partial charge < -0.3 is 15.2 Å². The number of aliphatic hydroxyl groups excluding tert-OH is 1. The second-order valence-corrected chi connectivity index (χ2v) is 6.31. The van der Waals surface area contributed by atoms with Gasteiger partial charge in [0.15, 0.2) is 0 Å². The standard InChI is InChI=1S/C19H24N2O3/c1-14-13-24-16(12-22)11-21(14)10-9-19(23)20-18-8-4-6-15-5-2-3-7-17(15)18/h2-8,14,16,22H,9-13H2,1H3,(H,20,23). The van der Waals surface area contributed by atoms with Crippen LogP contribution in [-0.4, -0.2) is 54.4 Å². The van der Waals surface area contributed by atoms with Crippen molar-refractivity contribution >= 4 is 22.4 Å². The van der Waals surface area contributed by atoms with E-state index < -0.39 is 0 Å². The molecule has 2 aromatic rings. The van der Waals surface area contributed by atoms with Crippen LogP contribution in [0.1, 0.15) is 13.3 Å². The van der Waals surface area contributed by atoms with Gasteiger partial charge in [-0.3, -0.25) is 9.69 Å². The summed E-state index contributed by atoms with van der Waals surface area (Å²) in [6, 6.07) is 14.2. The summed E-state index contributed by atoms with van der Waals surface area (Å²) < 4.78 is 5.53. The Bertz CT molecular complexity index is 699. The molecule has 1 fully saturated rings. The Kier molecular flexibility index (Phi) is 5.45. The Labute approximate surface area is 142 Å². The van der Waals surface area contributed by atoms with E-state index in [1.807, 2.05) is 42.5 Å². The van der Waals surface area contributed by atoms with Crippen molar-refractivity contribution in [2.75, 3.05) is 31.6 Å². The Morgan fingerprint density at radius 3 is 2.92 bits per heavy atom. The van der Waals surface area contributed by atoms with Crippen LogP contribution in [0.3, 0.4) is 0 Å². The first-order valence-corrected chi connectivity index (χ1v) is 8.41. The summed E-state index contributed by atoms with van der Waals surface area (Å²) in [5.74, 6) is 0.00518. The molecule has 128 valence electrons. The average Bonchev–Trinajstić information content (AvgIpc) is 2.61. The van der Waals surface area contributed by atoms with Gasteiger partial charge in [-0.05, 0) is 18.4 Å². The molecule has 2 N–H and O–H groups in total. The van der Waals surface area contributed by atoms with Gasteiger partial charge >= 0.3 is 0 Å². The fourth-order valence-electron chi connectivity index (χ4n) is 3.09. The minimum absolute atomic E-state index is 0.00518. The van der Waals surface area contributed by atoms with E-state index in [1.165, 1.54) is 0 Å². The smallest absolute Gasteiger partial charge is 0.225 e. The molecule has 1 aliphatic rings. The second-order valence-electron chi connectivity index (χ2n) is 6.31. The molecule has 0 spiro atoms. The molecule has 0 aliphatic carbocycles. The zero-order valence-corrected chi connectivity index (χ0v) is 13.9. The molecule has 2 atom stereocenters. The molecule has 24 heavy (non-hydrogen) atoms. The van der Waals surface area contributed by atoms with E-state index in [9.17, 15) is 9.90 Å². The molecule has 0 radical (unpaired) electrons. The molecule has 1 aliphatic heterocycles. The molecule has 1 heterocycles. The zero-order valence-electron chi connectivity index (χ0n) is 13.9.